The van der Waals surface area contributed by atoms with Crippen molar-refractivity contribution < 1.29 is 42.9 Å². The molecular weight excluding hydrogens is 773 g/mol. The highest BCUT2D eigenvalue weighted by atomic mass is 28.3. The molecule has 1 fully saturated rings. The van der Waals surface area contributed by atoms with E-state index in [0.29, 0.717) is 0 Å². The van der Waals surface area contributed by atoms with Gasteiger partial charge < -0.3 is 23.7 Å². The first-order valence-electron chi connectivity index (χ1n) is 25.3. The lowest BCUT2D eigenvalue weighted by Gasteiger charge is -2.51. The topological polar surface area (TPSA) is 114 Å². The molecule has 1 aliphatic rings. The van der Waals surface area contributed by atoms with E-state index in [0.717, 1.165) is 56.7 Å². The van der Waals surface area contributed by atoms with Gasteiger partial charge in [0.25, 0.3) is 0 Å². The lowest BCUT2D eigenvalue weighted by Crippen LogP contribution is -2.69. The van der Waals surface area contributed by atoms with Crippen molar-refractivity contribution in [3.63, 3.8) is 0 Å². The summed E-state index contributed by atoms with van der Waals surface area (Å²) in [5, 5.41) is 0. The second kappa shape index (κ2) is 36.5. The second-order valence-electron chi connectivity index (χ2n) is 18.3. The number of carbonyl (C=O) groups is 4. The van der Waals surface area contributed by atoms with Gasteiger partial charge in [-0.2, -0.15) is 0 Å². The van der Waals surface area contributed by atoms with Crippen molar-refractivity contribution in [2.24, 2.45) is 0 Å². The number of hydrogen-bond acceptors (Lipinski definition) is 9. The lowest BCUT2D eigenvalue weighted by molar-refractivity contribution is -0.240. The van der Waals surface area contributed by atoms with Gasteiger partial charge in [-0.1, -0.05) is 232 Å². The summed E-state index contributed by atoms with van der Waals surface area (Å²) < 4.78 is 30.7. The van der Waals surface area contributed by atoms with Gasteiger partial charge in [0.2, 0.25) is 0 Å². The summed E-state index contributed by atoms with van der Waals surface area (Å²) in [6, 6.07) is 3.06. The van der Waals surface area contributed by atoms with E-state index in [1.807, 2.05) is 0 Å². The molecule has 1 rings (SSSR count). The van der Waals surface area contributed by atoms with Crippen LogP contribution in [0.4, 0.5) is 0 Å². The van der Waals surface area contributed by atoms with E-state index in [9.17, 15) is 19.2 Å². The SMILES string of the molecule is CCCCCCCCCCCC[Si](CCCCCCCCCCCC)(CCCCCCCCCCCC)[C@@H]1O[C@H](COC(C)=O)[C@@H](OC(C)=O)[C@H](OC(C)=O)[C@H]1OC(C)=O. The Morgan fingerprint density at radius 1 is 0.383 bits per heavy atom. The fourth-order valence-corrected chi connectivity index (χ4v) is 15.3. The van der Waals surface area contributed by atoms with E-state index >= 15 is 0 Å². The number of ether oxygens (including phenoxy) is 5. The summed E-state index contributed by atoms with van der Waals surface area (Å²) in [5.74, 6) is -2.12. The minimum absolute atomic E-state index is 0.159. The zero-order valence-corrected chi connectivity index (χ0v) is 41.1. The van der Waals surface area contributed by atoms with Crippen LogP contribution in [0.2, 0.25) is 18.1 Å². The number of esters is 4. The first-order valence-corrected chi connectivity index (χ1v) is 28.0. The zero-order chi connectivity index (χ0) is 44.3. The van der Waals surface area contributed by atoms with Crippen LogP contribution < -0.4 is 0 Å². The highest BCUT2D eigenvalue weighted by Crippen LogP contribution is 2.42. The van der Waals surface area contributed by atoms with Gasteiger partial charge in [-0.3, -0.25) is 19.2 Å². The summed E-state index contributed by atoms with van der Waals surface area (Å²) in [5.41, 5.74) is -0.520. The Hall–Kier alpha value is -1.94. The minimum Gasteiger partial charge on any atom is -0.463 e. The van der Waals surface area contributed by atoms with Crippen LogP contribution in [0.1, 0.15) is 241 Å². The zero-order valence-electron chi connectivity index (χ0n) is 40.1. The molecule has 352 valence electrons. The standard InChI is InChI=1S/C50H94O9Si/c1-8-11-14-17-20-23-26-29-32-35-38-60(39-36-33-30-27-24-21-18-15-12-9-2,40-37-34-31-28-25-22-19-16-13-10-3)50-49(58-45(7)54)48(57-44(6)53)47(56-43(5)52)46(59-50)41-55-42(4)51/h46-50H,8-41H2,1-7H3/t46-,47-,48+,49-,50+/m1/s1. The van der Waals surface area contributed by atoms with Crippen LogP contribution in [0, 0.1) is 0 Å². The van der Waals surface area contributed by atoms with Gasteiger partial charge in [-0.15, -0.1) is 0 Å². The van der Waals surface area contributed by atoms with Crippen LogP contribution in [-0.2, 0) is 42.9 Å². The molecule has 10 heteroatoms. The molecular formula is C50H94O9Si. The highest BCUT2D eigenvalue weighted by molar-refractivity contribution is 6.81. The maximum atomic E-state index is 13.0. The average molecular weight is 867 g/mol. The van der Waals surface area contributed by atoms with E-state index < -0.39 is 62.1 Å². The molecule has 1 saturated heterocycles. The molecule has 0 bridgehead atoms. The maximum absolute atomic E-state index is 13.0. The third kappa shape index (κ3) is 26.5. The Bertz CT molecular complexity index is 1040. The average Bonchev–Trinajstić information content (AvgIpc) is 3.20. The predicted octanol–water partition coefficient (Wildman–Crippen LogP) is 13.9. The van der Waals surface area contributed by atoms with Crippen molar-refractivity contribution in [1.82, 2.24) is 0 Å². The molecule has 0 aromatic rings. The van der Waals surface area contributed by atoms with Crippen LogP contribution >= 0.6 is 0 Å². The lowest BCUT2D eigenvalue weighted by atomic mass is 9.99. The Labute approximate surface area is 369 Å². The Morgan fingerprint density at radius 3 is 0.967 bits per heavy atom. The molecule has 0 aliphatic carbocycles. The summed E-state index contributed by atoms with van der Waals surface area (Å²) >= 11 is 0. The van der Waals surface area contributed by atoms with Gasteiger partial charge in [-0.25, -0.2) is 0 Å². The van der Waals surface area contributed by atoms with Crippen molar-refractivity contribution in [3.05, 3.63) is 0 Å². The molecule has 60 heavy (non-hydrogen) atoms. The quantitative estimate of drug-likeness (QED) is 0.0258. The Balaban J connectivity index is 3.50. The Morgan fingerprint density at radius 2 is 0.667 bits per heavy atom. The second-order valence-corrected chi connectivity index (χ2v) is 23.1. The summed E-state index contributed by atoms with van der Waals surface area (Å²) in [4.78, 5) is 50.5. The molecule has 0 aromatic heterocycles. The van der Waals surface area contributed by atoms with E-state index in [4.69, 9.17) is 23.7 Å². The molecule has 5 atom stereocenters. The summed E-state index contributed by atoms with van der Waals surface area (Å²) in [6.45, 7) is 12.0. The summed E-state index contributed by atoms with van der Waals surface area (Å²) in [6.07, 6.45) is 33.5. The number of rotatable bonds is 39. The predicted molar refractivity (Wildman–Crippen MR) is 248 cm³/mol. The molecule has 0 saturated carbocycles. The molecule has 0 aromatic carbocycles. The van der Waals surface area contributed by atoms with Gasteiger partial charge in [0.1, 0.15) is 12.7 Å². The number of hydrogen-bond donors (Lipinski definition) is 0. The van der Waals surface area contributed by atoms with Crippen molar-refractivity contribution in [2.75, 3.05) is 6.61 Å². The molecule has 0 N–H and O–H groups in total. The van der Waals surface area contributed by atoms with E-state index in [-0.39, 0.29) is 6.61 Å². The monoisotopic (exact) mass is 867 g/mol. The fraction of sp³-hybridized carbons (Fsp3) is 0.920. The van der Waals surface area contributed by atoms with Gasteiger partial charge >= 0.3 is 23.9 Å². The van der Waals surface area contributed by atoms with Gasteiger partial charge in [0.15, 0.2) is 18.3 Å². The van der Waals surface area contributed by atoms with Crippen LogP contribution in [0.25, 0.3) is 0 Å². The first-order chi connectivity index (χ1) is 29.0. The molecule has 1 heterocycles. The van der Waals surface area contributed by atoms with Crippen LogP contribution in [-0.4, -0.2) is 68.7 Å². The van der Waals surface area contributed by atoms with Crippen molar-refractivity contribution >= 4 is 32.0 Å². The summed E-state index contributed by atoms with van der Waals surface area (Å²) in [7, 11) is -2.53. The van der Waals surface area contributed by atoms with E-state index in [1.54, 1.807) is 0 Å². The van der Waals surface area contributed by atoms with Crippen LogP contribution in [0.3, 0.4) is 0 Å². The largest absolute Gasteiger partial charge is 0.463 e. The number of unbranched alkanes of at least 4 members (excludes halogenated alkanes) is 27. The molecule has 9 nitrogen and oxygen atoms in total. The van der Waals surface area contributed by atoms with Gasteiger partial charge in [0, 0.05) is 27.7 Å². The fourth-order valence-electron chi connectivity index (χ4n) is 9.42. The first kappa shape index (κ1) is 56.1. The van der Waals surface area contributed by atoms with Crippen molar-refractivity contribution in [1.29, 1.82) is 0 Å². The maximum Gasteiger partial charge on any atom is 0.303 e. The third-order valence-corrected chi connectivity index (χ3v) is 18.4. The number of carbonyl (C=O) groups excluding carboxylic acids is 4. The van der Waals surface area contributed by atoms with Gasteiger partial charge in [-0.05, 0) is 0 Å². The van der Waals surface area contributed by atoms with E-state index in [1.165, 1.54) is 182 Å². The normalized spacial score (nSPS) is 19.2. The smallest absolute Gasteiger partial charge is 0.303 e. The van der Waals surface area contributed by atoms with Gasteiger partial charge in [0.05, 0.1) is 13.8 Å². The molecule has 0 radical (unpaired) electrons. The third-order valence-electron chi connectivity index (χ3n) is 12.7. The van der Waals surface area contributed by atoms with Crippen molar-refractivity contribution in [3.8, 4) is 0 Å². The van der Waals surface area contributed by atoms with Crippen LogP contribution in [0.5, 0.6) is 0 Å². The Kier molecular flexibility index (Phi) is 34.1. The molecule has 0 spiro atoms. The molecule has 0 unspecified atom stereocenters. The molecule has 0 amide bonds. The van der Waals surface area contributed by atoms with Crippen LogP contribution in [0.15, 0.2) is 0 Å². The minimum atomic E-state index is -2.53. The molecule has 1 aliphatic heterocycles. The van der Waals surface area contributed by atoms with E-state index in [2.05, 4.69) is 20.8 Å². The highest BCUT2D eigenvalue weighted by Gasteiger charge is 2.58. The van der Waals surface area contributed by atoms with Crippen molar-refractivity contribution in [2.45, 2.75) is 289 Å².